The van der Waals surface area contributed by atoms with Crippen molar-refractivity contribution in [1.82, 2.24) is 20.5 Å². The minimum atomic E-state index is -4.42. The molecular formula is C21H28F3N5S. The van der Waals surface area contributed by atoms with Gasteiger partial charge in [-0.3, -0.25) is 4.90 Å². The van der Waals surface area contributed by atoms with Crippen molar-refractivity contribution < 1.29 is 13.2 Å². The smallest absolute Gasteiger partial charge is 0.357 e. The lowest BCUT2D eigenvalue weighted by Crippen LogP contribution is -2.54. The van der Waals surface area contributed by atoms with Crippen molar-refractivity contribution in [3.05, 3.63) is 51.5 Å². The third-order valence-corrected chi connectivity index (χ3v) is 6.07. The first-order valence-corrected chi connectivity index (χ1v) is 10.9. The number of thiazole rings is 1. The average Bonchev–Trinajstić information content (AvgIpc) is 3.19. The quantitative estimate of drug-likeness (QED) is 0.527. The molecule has 9 heteroatoms. The number of hydrogen-bond acceptors (Lipinski definition) is 4. The minimum absolute atomic E-state index is 0.105. The van der Waals surface area contributed by atoms with Gasteiger partial charge in [-0.05, 0) is 38.3 Å². The van der Waals surface area contributed by atoms with Gasteiger partial charge in [0.2, 0.25) is 0 Å². The number of aromatic nitrogens is 1. The van der Waals surface area contributed by atoms with Gasteiger partial charge in [0.15, 0.2) is 11.7 Å². The molecule has 1 aromatic heterocycles. The third kappa shape index (κ3) is 5.72. The topological polar surface area (TPSA) is 52.6 Å². The molecule has 2 N–H and O–H groups in total. The molecule has 5 nitrogen and oxygen atoms in total. The summed E-state index contributed by atoms with van der Waals surface area (Å²) in [6.07, 6.45) is -3.39. The van der Waals surface area contributed by atoms with Gasteiger partial charge in [-0.15, -0.1) is 11.3 Å². The number of halogens is 3. The number of nitrogens with one attached hydrogen (secondary N) is 2. The zero-order chi connectivity index (χ0) is 21.8. The van der Waals surface area contributed by atoms with Crippen LogP contribution in [0.25, 0.3) is 0 Å². The second-order valence-corrected chi connectivity index (χ2v) is 8.87. The number of fused-ring (bicyclic) bond motifs is 1. The van der Waals surface area contributed by atoms with Crippen LogP contribution in [-0.4, -0.2) is 41.0 Å². The van der Waals surface area contributed by atoms with Gasteiger partial charge < -0.3 is 10.6 Å². The Bertz CT molecular complexity index is 876. The normalized spacial score (nSPS) is 15.7. The highest BCUT2D eigenvalue weighted by Crippen LogP contribution is 2.30. The molecule has 0 amide bonds. The maximum atomic E-state index is 12.7. The van der Waals surface area contributed by atoms with Crippen molar-refractivity contribution in [1.29, 1.82) is 0 Å². The molecule has 30 heavy (non-hydrogen) atoms. The zero-order valence-electron chi connectivity index (χ0n) is 17.5. The van der Waals surface area contributed by atoms with E-state index < -0.39 is 11.9 Å². The Kier molecular flexibility index (Phi) is 7.02. The van der Waals surface area contributed by atoms with Crippen LogP contribution in [0, 0.1) is 0 Å². The van der Waals surface area contributed by atoms with Gasteiger partial charge in [-0.2, -0.15) is 13.2 Å². The lowest BCUT2D eigenvalue weighted by molar-refractivity contribution is -0.140. The Morgan fingerprint density at radius 1 is 1.20 bits per heavy atom. The number of aliphatic imine (C=N–C) groups is 1. The standard InChI is InChI=1S/C21H28F3N5S/c1-4-25-19(26-11-18-28-17(13-30-18)21(22,23)24)27-14-20(2,3)29-10-9-15-7-5-6-8-16(15)12-29/h5-8,13H,4,9-12,14H2,1-3H3,(H2,25,26,27). The third-order valence-electron chi connectivity index (χ3n) is 5.23. The van der Waals surface area contributed by atoms with Crippen LogP contribution in [0.15, 0.2) is 34.6 Å². The van der Waals surface area contributed by atoms with Crippen molar-refractivity contribution >= 4 is 17.3 Å². The van der Waals surface area contributed by atoms with E-state index in [1.54, 1.807) is 0 Å². The number of hydrogen-bond donors (Lipinski definition) is 2. The van der Waals surface area contributed by atoms with Crippen molar-refractivity contribution in [2.45, 2.75) is 52.0 Å². The highest BCUT2D eigenvalue weighted by Gasteiger charge is 2.33. The minimum Gasteiger partial charge on any atom is -0.357 e. The predicted molar refractivity (Wildman–Crippen MR) is 115 cm³/mol. The van der Waals surface area contributed by atoms with Crippen LogP contribution in [0.3, 0.4) is 0 Å². The molecule has 1 aliphatic heterocycles. The number of benzene rings is 1. The van der Waals surface area contributed by atoms with E-state index in [9.17, 15) is 13.2 Å². The highest BCUT2D eigenvalue weighted by atomic mass is 32.1. The van der Waals surface area contributed by atoms with Gasteiger partial charge in [0.05, 0.1) is 6.54 Å². The van der Waals surface area contributed by atoms with Gasteiger partial charge >= 0.3 is 6.18 Å². The first-order chi connectivity index (χ1) is 14.2. The zero-order valence-corrected chi connectivity index (χ0v) is 18.3. The summed E-state index contributed by atoms with van der Waals surface area (Å²) in [4.78, 5) is 10.5. The summed E-state index contributed by atoms with van der Waals surface area (Å²) >= 11 is 0.974. The number of guanidine groups is 1. The van der Waals surface area contributed by atoms with E-state index in [-0.39, 0.29) is 12.1 Å². The van der Waals surface area contributed by atoms with Gasteiger partial charge in [-0.1, -0.05) is 24.3 Å². The molecule has 0 aliphatic carbocycles. The molecule has 0 atom stereocenters. The SMILES string of the molecule is CCNC(=NCc1nc(C(F)(F)F)cs1)NCC(C)(C)N1CCc2ccccc2C1. The number of alkyl halides is 3. The van der Waals surface area contributed by atoms with Crippen LogP contribution in [-0.2, 0) is 25.7 Å². The number of nitrogens with zero attached hydrogens (tertiary/aromatic N) is 3. The predicted octanol–water partition coefficient (Wildman–Crippen LogP) is 4.05. The van der Waals surface area contributed by atoms with Crippen LogP contribution in [0.2, 0.25) is 0 Å². The van der Waals surface area contributed by atoms with E-state index in [0.717, 1.165) is 36.2 Å². The lowest BCUT2D eigenvalue weighted by Gasteiger charge is -2.42. The fourth-order valence-corrected chi connectivity index (χ4v) is 4.15. The summed E-state index contributed by atoms with van der Waals surface area (Å²) < 4.78 is 38.2. The molecule has 2 heterocycles. The van der Waals surface area contributed by atoms with Crippen molar-refractivity contribution in [2.75, 3.05) is 19.6 Å². The van der Waals surface area contributed by atoms with Crippen molar-refractivity contribution in [3.8, 4) is 0 Å². The van der Waals surface area contributed by atoms with Gasteiger partial charge in [0, 0.05) is 37.1 Å². The van der Waals surface area contributed by atoms with Crippen molar-refractivity contribution in [2.24, 2.45) is 4.99 Å². The molecule has 2 aromatic rings. The molecule has 3 rings (SSSR count). The largest absolute Gasteiger partial charge is 0.434 e. The Morgan fingerprint density at radius 3 is 2.60 bits per heavy atom. The molecule has 0 unspecified atom stereocenters. The van der Waals surface area contributed by atoms with Crippen LogP contribution in [0.5, 0.6) is 0 Å². The van der Waals surface area contributed by atoms with E-state index in [0.29, 0.717) is 24.1 Å². The summed E-state index contributed by atoms with van der Waals surface area (Å²) in [5.41, 5.74) is 1.80. The molecular weight excluding hydrogens is 411 g/mol. The second-order valence-electron chi connectivity index (χ2n) is 7.93. The van der Waals surface area contributed by atoms with Crippen molar-refractivity contribution in [3.63, 3.8) is 0 Å². The Balaban J connectivity index is 1.60. The Hall–Kier alpha value is -2.13. The maximum absolute atomic E-state index is 12.7. The average molecular weight is 440 g/mol. The van der Waals surface area contributed by atoms with Crippen LogP contribution >= 0.6 is 11.3 Å². The Labute approximate surface area is 179 Å². The monoisotopic (exact) mass is 439 g/mol. The van der Waals surface area contributed by atoms with E-state index in [1.165, 1.54) is 11.1 Å². The van der Waals surface area contributed by atoms with Gasteiger partial charge in [0.1, 0.15) is 5.01 Å². The fourth-order valence-electron chi connectivity index (χ4n) is 3.43. The lowest BCUT2D eigenvalue weighted by atomic mass is 9.94. The maximum Gasteiger partial charge on any atom is 0.434 e. The molecule has 164 valence electrons. The fraction of sp³-hybridized carbons (Fsp3) is 0.524. The van der Waals surface area contributed by atoms with E-state index in [1.807, 2.05) is 6.92 Å². The van der Waals surface area contributed by atoms with E-state index >= 15 is 0 Å². The van der Waals surface area contributed by atoms with Gasteiger partial charge in [0.25, 0.3) is 0 Å². The van der Waals surface area contributed by atoms with E-state index in [4.69, 9.17) is 0 Å². The first-order valence-electron chi connectivity index (χ1n) is 10.0. The summed E-state index contributed by atoms with van der Waals surface area (Å²) in [5.74, 6) is 0.576. The second kappa shape index (κ2) is 9.34. The Morgan fingerprint density at radius 2 is 1.93 bits per heavy atom. The molecule has 0 saturated heterocycles. The molecule has 0 bridgehead atoms. The molecule has 0 fully saturated rings. The summed E-state index contributed by atoms with van der Waals surface area (Å²) in [7, 11) is 0. The number of rotatable bonds is 6. The van der Waals surface area contributed by atoms with Crippen LogP contribution in [0.1, 0.15) is 42.6 Å². The summed E-state index contributed by atoms with van der Waals surface area (Å²) in [5, 5.41) is 7.87. The molecule has 0 saturated carbocycles. The summed E-state index contributed by atoms with van der Waals surface area (Å²) in [6, 6.07) is 8.53. The molecule has 0 radical (unpaired) electrons. The molecule has 1 aliphatic rings. The highest BCUT2D eigenvalue weighted by molar-refractivity contribution is 7.09. The molecule has 1 aromatic carbocycles. The summed E-state index contributed by atoms with van der Waals surface area (Å²) in [6.45, 7) is 9.64. The first kappa shape index (κ1) is 22.6. The van der Waals surface area contributed by atoms with Crippen LogP contribution < -0.4 is 10.6 Å². The van der Waals surface area contributed by atoms with Crippen LogP contribution in [0.4, 0.5) is 13.2 Å². The molecule has 0 spiro atoms. The van der Waals surface area contributed by atoms with Gasteiger partial charge in [-0.25, -0.2) is 9.98 Å². The van der Waals surface area contributed by atoms with E-state index in [2.05, 4.69) is 63.6 Å².